The average Bonchev–Trinajstić information content (AvgIpc) is 2.93. The molecule has 94 valence electrons. The van der Waals surface area contributed by atoms with Crippen LogP contribution in [0.15, 0.2) is 17.9 Å². The highest BCUT2D eigenvalue weighted by molar-refractivity contribution is 7.09. The van der Waals surface area contributed by atoms with Crippen molar-refractivity contribution >= 4 is 17.2 Å². The molecule has 1 N–H and O–H groups in total. The molecule has 2 aromatic rings. The normalized spacial score (nSPS) is 16.1. The summed E-state index contributed by atoms with van der Waals surface area (Å²) >= 11 is 1.67. The molecule has 5 heteroatoms. The minimum absolute atomic E-state index is 0.200. The van der Waals surface area contributed by atoms with E-state index in [2.05, 4.69) is 27.2 Å². The number of nitrogens with one attached hydrogen (secondary N) is 1. The topological polar surface area (TPSA) is 50.7 Å². The van der Waals surface area contributed by atoms with Gasteiger partial charge in [-0.25, -0.2) is 15.0 Å². The van der Waals surface area contributed by atoms with Gasteiger partial charge in [0, 0.05) is 22.8 Å². The number of rotatable bonds is 3. The Morgan fingerprint density at radius 2 is 2.11 bits per heavy atom. The predicted octanol–water partition coefficient (Wildman–Crippen LogP) is 2.99. The van der Waals surface area contributed by atoms with Gasteiger partial charge in [-0.05, 0) is 32.6 Å². The molecule has 1 unspecified atom stereocenters. The van der Waals surface area contributed by atoms with Gasteiger partial charge in [-0.3, -0.25) is 0 Å². The number of aryl methyl sites for hydroxylation is 1. The van der Waals surface area contributed by atoms with Gasteiger partial charge in [0.15, 0.2) is 0 Å². The Labute approximate surface area is 111 Å². The molecule has 18 heavy (non-hydrogen) atoms. The van der Waals surface area contributed by atoms with Gasteiger partial charge >= 0.3 is 0 Å². The van der Waals surface area contributed by atoms with Crippen molar-refractivity contribution in [1.82, 2.24) is 15.0 Å². The number of anilines is 1. The Morgan fingerprint density at radius 3 is 2.94 bits per heavy atom. The lowest BCUT2D eigenvalue weighted by molar-refractivity contribution is 0.661. The highest BCUT2D eigenvalue weighted by Crippen LogP contribution is 2.27. The highest BCUT2D eigenvalue weighted by atomic mass is 32.1. The van der Waals surface area contributed by atoms with Crippen molar-refractivity contribution in [3.8, 4) is 0 Å². The summed E-state index contributed by atoms with van der Waals surface area (Å²) in [5.41, 5.74) is 2.51. The van der Waals surface area contributed by atoms with E-state index < -0.39 is 0 Å². The second kappa shape index (κ2) is 5.02. The van der Waals surface area contributed by atoms with E-state index in [1.807, 2.05) is 11.6 Å². The molecular weight excluding hydrogens is 244 g/mol. The summed E-state index contributed by atoms with van der Waals surface area (Å²) < 4.78 is 0. The number of fused-ring (bicyclic) bond motifs is 1. The van der Waals surface area contributed by atoms with Gasteiger partial charge in [-0.1, -0.05) is 0 Å². The molecule has 1 aliphatic rings. The van der Waals surface area contributed by atoms with Crippen LogP contribution in [0.1, 0.15) is 42.1 Å². The summed E-state index contributed by atoms with van der Waals surface area (Å²) in [6.07, 6.45) is 8.15. The molecular formula is C13H16N4S. The van der Waals surface area contributed by atoms with Gasteiger partial charge in [-0.2, -0.15) is 0 Å². The second-order valence-corrected chi connectivity index (χ2v) is 5.52. The van der Waals surface area contributed by atoms with Crippen LogP contribution in [0.4, 0.5) is 5.82 Å². The van der Waals surface area contributed by atoms with Crippen molar-refractivity contribution in [2.45, 2.75) is 38.6 Å². The third-order valence-corrected chi connectivity index (χ3v) is 4.26. The molecule has 2 heterocycles. The molecule has 1 atom stereocenters. The van der Waals surface area contributed by atoms with Crippen LogP contribution in [-0.2, 0) is 12.8 Å². The Bertz CT molecular complexity index is 524. The zero-order valence-electron chi connectivity index (χ0n) is 10.4. The van der Waals surface area contributed by atoms with Crippen LogP contribution in [0.2, 0.25) is 0 Å². The summed E-state index contributed by atoms with van der Waals surface area (Å²) in [5.74, 6) is 0.988. The van der Waals surface area contributed by atoms with Crippen molar-refractivity contribution < 1.29 is 0 Å². The molecule has 0 aromatic carbocycles. The molecule has 0 fully saturated rings. The van der Waals surface area contributed by atoms with E-state index in [0.717, 1.165) is 23.7 Å². The summed E-state index contributed by atoms with van der Waals surface area (Å²) in [4.78, 5) is 13.1. The quantitative estimate of drug-likeness (QED) is 0.921. The maximum atomic E-state index is 4.40. The van der Waals surface area contributed by atoms with Crippen molar-refractivity contribution in [3.63, 3.8) is 0 Å². The first-order valence-electron chi connectivity index (χ1n) is 6.33. The largest absolute Gasteiger partial charge is 0.361 e. The van der Waals surface area contributed by atoms with Crippen molar-refractivity contribution in [3.05, 3.63) is 34.2 Å². The van der Waals surface area contributed by atoms with Crippen molar-refractivity contribution in [1.29, 1.82) is 0 Å². The van der Waals surface area contributed by atoms with Crippen LogP contribution in [-0.4, -0.2) is 15.0 Å². The molecule has 0 saturated carbocycles. The lowest BCUT2D eigenvalue weighted by Gasteiger charge is -2.20. The van der Waals surface area contributed by atoms with Crippen LogP contribution in [0, 0.1) is 0 Å². The number of nitrogens with zero attached hydrogens (tertiary/aromatic N) is 3. The Hall–Kier alpha value is -1.49. The van der Waals surface area contributed by atoms with E-state index in [1.54, 1.807) is 17.7 Å². The number of hydrogen-bond acceptors (Lipinski definition) is 5. The predicted molar refractivity (Wildman–Crippen MR) is 72.8 cm³/mol. The third kappa shape index (κ3) is 2.22. The molecule has 0 spiro atoms. The number of aromatic nitrogens is 3. The van der Waals surface area contributed by atoms with Gasteiger partial charge < -0.3 is 5.32 Å². The van der Waals surface area contributed by atoms with E-state index in [0.29, 0.717) is 0 Å². The molecule has 2 aromatic heterocycles. The van der Waals surface area contributed by atoms with Crippen molar-refractivity contribution in [2.24, 2.45) is 0 Å². The zero-order valence-corrected chi connectivity index (χ0v) is 11.2. The van der Waals surface area contributed by atoms with Gasteiger partial charge in [0.25, 0.3) is 0 Å². The highest BCUT2D eigenvalue weighted by Gasteiger charge is 2.17. The SMILES string of the molecule is CC(Nc1ncnc2c1CCCC2)c1nccs1. The van der Waals surface area contributed by atoms with Gasteiger partial charge in [-0.15, -0.1) is 11.3 Å². The fourth-order valence-corrected chi connectivity index (χ4v) is 3.01. The molecule has 0 amide bonds. The molecule has 1 aliphatic carbocycles. The first-order valence-corrected chi connectivity index (χ1v) is 7.21. The lowest BCUT2D eigenvalue weighted by atomic mass is 9.96. The van der Waals surface area contributed by atoms with E-state index in [9.17, 15) is 0 Å². The molecule has 3 rings (SSSR count). The fraction of sp³-hybridized carbons (Fsp3) is 0.462. The second-order valence-electron chi connectivity index (χ2n) is 4.59. The monoisotopic (exact) mass is 260 g/mol. The Balaban J connectivity index is 1.84. The Morgan fingerprint density at radius 1 is 1.22 bits per heavy atom. The molecule has 0 radical (unpaired) electrons. The van der Waals surface area contributed by atoms with E-state index in [-0.39, 0.29) is 6.04 Å². The summed E-state index contributed by atoms with van der Waals surface area (Å²) in [6.45, 7) is 2.12. The van der Waals surface area contributed by atoms with E-state index >= 15 is 0 Å². The van der Waals surface area contributed by atoms with E-state index in [4.69, 9.17) is 0 Å². The molecule has 0 aliphatic heterocycles. The van der Waals surface area contributed by atoms with Gasteiger partial charge in [0.2, 0.25) is 0 Å². The van der Waals surface area contributed by atoms with Gasteiger partial charge in [0.05, 0.1) is 6.04 Å². The minimum atomic E-state index is 0.200. The van der Waals surface area contributed by atoms with Crippen LogP contribution in [0.3, 0.4) is 0 Å². The number of hydrogen-bond donors (Lipinski definition) is 1. The minimum Gasteiger partial charge on any atom is -0.361 e. The summed E-state index contributed by atoms with van der Waals surface area (Å²) in [7, 11) is 0. The first-order chi connectivity index (χ1) is 8.84. The standard InChI is InChI=1S/C13H16N4S/c1-9(13-14-6-7-18-13)17-12-10-4-2-3-5-11(10)15-8-16-12/h6-9H,2-5H2,1H3,(H,15,16,17). The molecule has 0 bridgehead atoms. The van der Waals surface area contributed by atoms with Crippen LogP contribution >= 0.6 is 11.3 Å². The zero-order chi connectivity index (χ0) is 12.4. The Kier molecular flexibility index (Phi) is 3.23. The first kappa shape index (κ1) is 11.6. The maximum absolute atomic E-state index is 4.40. The lowest BCUT2D eigenvalue weighted by Crippen LogP contribution is -2.14. The van der Waals surface area contributed by atoms with Crippen molar-refractivity contribution in [2.75, 3.05) is 5.32 Å². The van der Waals surface area contributed by atoms with Crippen LogP contribution in [0.25, 0.3) is 0 Å². The maximum Gasteiger partial charge on any atom is 0.133 e. The fourth-order valence-electron chi connectivity index (χ4n) is 2.36. The molecule has 4 nitrogen and oxygen atoms in total. The van der Waals surface area contributed by atoms with E-state index in [1.165, 1.54) is 24.1 Å². The molecule has 0 saturated heterocycles. The summed E-state index contributed by atoms with van der Waals surface area (Å²) in [5, 5.41) is 6.57. The van der Waals surface area contributed by atoms with Gasteiger partial charge in [0.1, 0.15) is 17.2 Å². The number of thiazole rings is 1. The van der Waals surface area contributed by atoms with Crippen LogP contribution < -0.4 is 5.32 Å². The third-order valence-electron chi connectivity index (χ3n) is 3.30. The van der Waals surface area contributed by atoms with Crippen LogP contribution in [0.5, 0.6) is 0 Å². The average molecular weight is 260 g/mol. The summed E-state index contributed by atoms with van der Waals surface area (Å²) in [6, 6.07) is 0.200. The smallest absolute Gasteiger partial charge is 0.133 e.